The van der Waals surface area contributed by atoms with Crippen LogP contribution in [0.2, 0.25) is 5.02 Å². The highest BCUT2D eigenvalue weighted by Crippen LogP contribution is 2.25. The van der Waals surface area contributed by atoms with E-state index in [9.17, 15) is 9.18 Å². The summed E-state index contributed by atoms with van der Waals surface area (Å²) in [7, 11) is 0. The van der Waals surface area contributed by atoms with Crippen molar-refractivity contribution in [2.75, 3.05) is 0 Å². The number of nitrogens with zero attached hydrogens (tertiary/aromatic N) is 2. The van der Waals surface area contributed by atoms with Gasteiger partial charge in [0.05, 0.1) is 22.3 Å². The van der Waals surface area contributed by atoms with Gasteiger partial charge in [-0.2, -0.15) is 0 Å². The van der Waals surface area contributed by atoms with Crippen LogP contribution in [-0.4, -0.2) is 15.9 Å². The van der Waals surface area contributed by atoms with Crippen molar-refractivity contribution in [3.05, 3.63) is 63.0 Å². The maximum absolute atomic E-state index is 13.0. The van der Waals surface area contributed by atoms with E-state index in [0.29, 0.717) is 12.3 Å². The highest BCUT2D eigenvalue weighted by atomic mass is 35.5. The molecule has 0 saturated carbocycles. The van der Waals surface area contributed by atoms with Crippen molar-refractivity contribution in [2.24, 2.45) is 0 Å². The Kier molecular flexibility index (Phi) is 5.30. The van der Waals surface area contributed by atoms with Gasteiger partial charge in [0, 0.05) is 5.38 Å². The number of carbonyl (C=O) groups is 1. The van der Waals surface area contributed by atoms with Gasteiger partial charge in [0.2, 0.25) is 5.89 Å². The molecule has 0 bridgehead atoms. The van der Waals surface area contributed by atoms with E-state index in [1.165, 1.54) is 29.7 Å². The van der Waals surface area contributed by atoms with Crippen LogP contribution in [0.3, 0.4) is 0 Å². The first-order chi connectivity index (χ1) is 12.0. The molecule has 0 atom stereocenters. The number of rotatable bonds is 6. The Hall–Kier alpha value is -2.45. The van der Waals surface area contributed by atoms with Crippen LogP contribution in [0, 0.1) is 12.7 Å². The number of hydrogen-bond acceptors (Lipinski definition) is 6. The van der Waals surface area contributed by atoms with Gasteiger partial charge >= 0.3 is 0 Å². The average molecular weight is 382 g/mol. The molecule has 6 nitrogen and oxygen atoms in total. The fraction of sp³-hybridized carbons (Fsp3) is 0.188. The Morgan fingerprint density at radius 2 is 2.28 bits per heavy atom. The van der Waals surface area contributed by atoms with Crippen molar-refractivity contribution in [2.45, 2.75) is 20.1 Å². The minimum atomic E-state index is -0.456. The Balaban J connectivity index is 1.55. The minimum Gasteiger partial charge on any atom is -0.482 e. The van der Waals surface area contributed by atoms with Crippen molar-refractivity contribution in [3.8, 4) is 5.75 Å². The van der Waals surface area contributed by atoms with E-state index in [-0.39, 0.29) is 29.1 Å². The minimum absolute atomic E-state index is 0.0378. The third-order valence-electron chi connectivity index (χ3n) is 3.13. The van der Waals surface area contributed by atoms with Crippen LogP contribution < -0.4 is 10.1 Å². The molecule has 0 fully saturated rings. The van der Waals surface area contributed by atoms with Crippen molar-refractivity contribution in [1.82, 2.24) is 15.3 Å². The number of aromatic nitrogens is 2. The summed E-state index contributed by atoms with van der Waals surface area (Å²) in [6.45, 7) is 2.17. The summed E-state index contributed by atoms with van der Waals surface area (Å²) < 4.78 is 23.6. The summed E-state index contributed by atoms with van der Waals surface area (Å²) in [5.41, 5.74) is 0.921. The lowest BCUT2D eigenvalue weighted by Crippen LogP contribution is -2.23. The zero-order valence-electron chi connectivity index (χ0n) is 13.1. The standard InChI is InChI=1S/C16H13ClFN3O3S/c1-9-20-11(8-25-9)5-19-16(22)13-6-24-15(21-13)7-23-14-3-2-10(18)4-12(14)17/h2-4,6,8H,5,7H2,1H3,(H,19,22). The molecule has 130 valence electrons. The molecule has 3 aromatic rings. The average Bonchev–Trinajstić information content (AvgIpc) is 3.21. The van der Waals surface area contributed by atoms with Gasteiger partial charge < -0.3 is 14.5 Å². The highest BCUT2D eigenvalue weighted by Gasteiger charge is 2.13. The van der Waals surface area contributed by atoms with Gasteiger partial charge in [0.1, 0.15) is 17.8 Å². The predicted molar refractivity (Wildman–Crippen MR) is 90.3 cm³/mol. The molecule has 1 aromatic carbocycles. The molecule has 0 aliphatic rings. The van der Waals surface area contributed by atoms with E-state index in [1.807, 2.05) is 12.3 Å². The number of benzene rings is 1. The first-order valence-corrected chi connectivity index (χ1v) is 8.48. The first kappa shape index (κ1) is 17.4. The summed E-state index contributed by atoms with van der Waals surface area (Å²) in [5.74, 6) is -0.329. The molecule has 2 heterocycles. The molecular formula is C16H13ClFN3O3S. The van der Waals surface area contributed by atoms with Crippen LogP contribution >= 0.6 is 22.9 Å². The number of aryl methyl sites for hydroxylation is 1. The van der Waals surface area contributed by atoms with E-state index in [4.69, 9.17) is 20.8 Å². The van der Waals surface area contributed by atoms with Gasteiger partial charge in [-0.05, 0) is 25.1 Å². The molecule has 25 heavy (non-hydrogen) atoms. The van der Waals surface area contributed by atoms with Crippen LogP contribution in [0.1, 0.15) is 27.1 Å². The third-order valence-corrected chi connectivity index (χ3v) is 4.24. The van der Waals surface area contributed by atoms with Gasteiger partial charge in [-0.15, -0.1) is 11.3 Å². The molecule has 1 N–H and O–H groups in total. The normalized spacial score (nSPS) is 10.7. The molecule has 0 unspecified atom stereocenters. The highest BCUT2D eigenvalue weighted by molar-refractivity contribution is 7.09. The van der Waals surface area contributed by atoms with Gasteiger partial charge in [-0.1, -0.05) is 11.6 Å². The van der Waals surface area contributed by atoms with Crippen LogP contribution in [0.25, 0.3) is 0 Å². The molecule has 0 aliphatic carbocycles. The monoisotopic (exact) mass is 381 g/mol. The Morgan fingerprint density at radius 1 is 1.44 bits per heavy atom. The van der Waals surface area contributed by atoms with Crippen LogP contribution in [-0.2, 0) is 13.2 Å². The molecular weight excluding hydrogens is 369 g/mol. The lowest BCUT2D eigenvalue weighted by Gasteiger charge is -2.05. The fourth-order valence-electron chi connectivity index (χ4n) is 1.96. The number of hydrogen-bond donors (Lipinski definition) is 1. The molecule has 2 aromatic heterocycles. The van der Waals surface area contributed by atoms with Gasteiger partial charge in [-0.3, -0.25) is 4.79 Å². The second-order valence-electron chi connectivity index (χ2n) is 5.03. The maximum atomic E-state index is 13.0. The quantitative estimate of drug-likeness (QED) is 0.703. The number of carbonyl (C=O) groups excluding carboxylic acids is 1. The van der Waals surface area contributed by atoms with Gasteiger partial charge in [0.25, 0.3) is 5.91 Å². The largest absolute Gasteiger partial charge is 0.482 e. The number of thiazole rings is 1. The summed E-state index contributed by atoms with van der Waals surface area (Å²) in [5, 5.41) is 5.67. The molecule has 3 rings (SSSR count). The zero-order valence-corrected chi connectivity index (χ0v) is 14.7. The van der Waals surface area contributed by atoms with E-state index < -0.39 is 5.82 Å². The number of oxazole rings is 1. The SMILES string of the molecule is Cc1nc(CNC(=O)c2coc(COc3ccc(F)cc3Cl)n2)cs1. The van der Waals surface area contributed by atoms with Crippen molar-refractivity contribution in [1.29, 1.82) is 0 Å². The topological polar surface area (TPSA) is 77.2 Å². The lowest BCUT2D eigenvalue weighted by molar-refractivity contribution is 0.0945. The Labute approximate surface area is 151 Å². The van der Waals surface area contributed by atoms with Crippen molar-refractivity contribution >= 4 is 28.8 Å². The number of nitrogens with one attached hydrogen (secondary N) is 1. The molecule has 0 radical (unpaired) electrons. The zero-order chi connectivity index (χ0) is 17.8. The van der Waals surface area contributed by atoms with E-state index >= 15 is 0 Å². The van der Waals surface area contributed by atoms with Crippen molar-refractivity contribution in [3.63, 3.8) is 0 Å². The third kappa shape index (κ3) is 4.55. The summed E-state index contributed by atoms with van der Waals surface area (Å²) >= 11 is 7.38. The molecule has 0 saturated heterocycles. The lowest BCUT2D eigenvalue weighted by atomic mass is 10.3. The number of ether oxygens (including phenoxy) is 1. The molecule has 0 aliphatic heterocycles. The van der Waals surface area contributed by atoms with E-state index in [0.717, 1.165) is 16.8 Å². The van der Waals surface area contributed by atoms with E-state index in [1.54, 1.807) is 0 Å². The molecule has 0 spiro atoms. The Morgan fingerprint density at radius 3 is 3.00 bits per heavy atom. The second kappa shape index (κ2) is 7.62. The van der Waals surface area contributed by atoms with Crippen LogP contribution in [0.4, 0.5) is 4.39 Å². The van der Waals surface area contributed by atoms with Crippen LogP contribution in [0.15, 0.2) is 34.3 Å². The molecule has 1 amide bonds. The summed E-state index contributed by atoms with van der Waals surface area (Å²) in [6.07, 6.45) is 1.24. The van der Waals surface area contributed by atoms with Gasteiger partial charge in [0.15, 0.2) is 12.3 Å². The first-order valence-electron chi connectivity index (χ1n) is 7.23. The number of amides is 1. The predicted octanol–water partition coefficient (Wildman–Crippen LogP) is 3.74. The summed E-state index contributed by atoms with van der Waals surface area (Å²) in [4.78, 5) is 20.4. The Bertz CT molecular complexity index is 896. The molecule has 9 heteroatoms. The number of halogens is 2. The smallest absolute Gasteiger partial charge is 0.273 e. The second-order valence-corrected chi connectivity index (χ2v) is 6.50. The van der Waals surface area contributed by atoms with Crippen molar-refractivity contribution < 1.29 is 18.3 Å². The summed E-state index contributed by atoms with van der Waals surface area (Å²) in [6, 6.07) is 3.78. The van der Waals surface area contributed by atoms with Gasteiger partial charge in [-0.25, -0.2) is 14.4 Å². The maximum Gasteiger partial charge on any atom is 0.273 e. The fourth-order valence-corrected chi connectivity index (χ4v) is 2.80. The van der Waals surface area contributed by atoms with E-state index in [2.05, 4.69) is 15.3 Å². The van der Waals surface area contributed by atoms with Crippen LogP contribution in [0.5, 0.6) is 5.75 Å².